The minimum Gasteiger partial charge on any atom is -0.379 e. The Morgan fingerprint density at radius 1 is 1.03 bits per heavy atom. The fraction of sp³-hybridized carbons (Fsp3) is 0.417. The number of benzene rings is 1. The molecule has 1 aromatic carbocycles. The Balaban J connectivity index is 1.44. The zero-order chi connectivity index (χ0) is 22.1. The van der Waals surface area contributed by atoms with Gasteiger partial charge in [0.05, 0.1) is 13.2 Å². The van der Waals surface area contributed by atoms with Gasteiger partial charge in [0.25, 0.3) is 5.95 Å². The number of nitrogens with zero attached hydrogens (tertiary/aromatic N) is 7. The summed E-state index contributed by atoms with van der Waals surface area (Å²) in [6, 6.07) is 6.51. The number of aryl methyl sites for hydroxylation is 1. The molecular weight excluding hydrogens is 402 g/mol. The second-order valence-electron chi connectivity index (χ2n) is 8.69. The van der Waals surface area contributed by atoms with Gasteiger partial charge in [-0.3, -0.25) is 4.90 Å². The van der Waals surface area contributed by atoms with Gasteiger partial charge in [0.1, 0.15) is 6.33 Å². The first-order chi connectivity index (χ1) is 15.6. The van der Waals surface area contributed by atoms with Crippen LogP contribution in [0.2, 0.25) is 0 Å². The molecule has 0 aliphatic carbocycles. The fourth-order valence-electron chi connectivity index (χ4n) is 4.18. The number of hydrogen-bond donors (Lipinski definition) is 0. The van der Waals surface area contributed by atoms with Gasteiger partial charge in [-0.25, -0.2) is 15.0 Å². The predicted octanol–water partition coefficient (Wildman–Crippen LogP) is 3.44. The van der Waals surface area contributed by atoms with Crippen molar-refractivity contribution in [2.75, 3.05) is 32.8 Å². The molecule has 0 spiro atoms. The Hall–Kier alpha value is -3.10. The highest BCUT2D eigenvalue weighted by molar-refractivity contribution is 5.88. The Labute approximate surface area is 187 Å². The molecule has 1 fully saturated rings. The van der Waals surface area contributed by atoms with Gasteiger partial charge >= 0.3 is 0 Å². The van der Waals surface area contributed by atoms with Gasteiger partial charge in [0, 0.05) is 61.2 Å². The molecule has 3 aromatic heterocycles. The van der Waals surface area contributed by atoms with Crippen molar-refractivity contribution < 1.29 is 4.74 Å². The fourth-order valence-corrected chi connectivity index (χ4v) is 4.18. The number of morpholine rings is 1. The van der Waals surface area contributed by atoms with E-state index in [1.54, 1.807) is 23.4 Å². The maximum atomic E-state index is 5.48. The second-order valence-corrected chi connectivity index (χ2v) is 8.69. The van der Waals surface area contributed by atoms with Crippen molar-refractivity contribution in [3.05, 3.63) is 54.2 Å². The summed E-state index contributed by atoms with van der Waals surface area (Å²) in [6.07, 6.45) is 7.54. The molecule has 1 aliphatic rings. The van der Waals surface area contributed by atoms with Crippen LogP contribution in [0.5, 0.6) is 0 Å². The highest BCUT2D eigenvalue weighted by Gasteiger charge is 2.16. The van der Waals surface area contributed by atoms with Crippen LogP contribution in [0.25, 0.3) is 28.2 Å². The van der Waals surface area contributed by atoms with E-state index >= 15 is 0 Å². The van der Waals surface area contributed by atoms with Crippen LogP contribution in [0.4, 0.5) is 0 Å². The molecular formula is C24H29N7O. The third kappa shape index (κ3) is 4.16. The standard InChI is InChI=1S/C24H29N7O/c1-17(2)21-15-30(7-6-29-8-10-32-11-9-29)22-5-4-19(12-20(21)22)23-27-16-31(28-23)24-25-13-18(3)14-26-24/h4-5,12-17H,6-11H2,1-3H3. The van der Waals surface area contributed by atoms with Gasteiger partial charge in [0.15, 0.2) is 5.82 Å². The van der Waals surface area contributed by atoms with E-state index in [1.165, 1.54) is 16.5 Å². The summed E-state index contributed by atoms with van der Waals surface area (Å²) in [5.41, 5.74) is 4.62. The molecule has 1 aliphatic heterocycles. The molecule has 1 saturated heterocycles. The Bertz CT molecular complexity index is 1200. The van der Waals surface area contributed by atoms with Gasteiger partial charge in [-0.2, -0.15) is 4.68 Å². The molecule has 0 saturated carbocycles. The highest BCUT2D eigenvalue weighted by Crippen LogP contribution is 2.31. The molecule has 8 heteroatoms. The summed E-state index contributed by atoms with van der Waals surface area (Å²) in [5, 5.41) is 5.89. The quantitative estimate of drug-likeness (QED) is 0.466. The minimum atomic E-state index is 0.434. The van der Waals surface area contributed by atoms with Crippen LogP contribution in [-0.2, 0) is 11.3 Å². The summed E-state index contributed by atoms with van der Waals surface area (Å²) in [5.74, 6) is 1.63. The molecule has 4 aromatic rings. The number of hydrogen-bond acceptors (Lipinski definition) is 6. The van der Waals surface area contributed by atoms with E-state index < -0.39 is 0 Å². The lowest BCUT2D eigenvalue weighted by molar-refractivity contribution is 0.0365. The molecule has 4 heterocycles. The molecule has 0 N–H and O–H groups in total. The Kier molecular flexibility index (Phi) is 5.71. The maximum Gasteiger partial charge on any atom is 0.251 e. The summed E-state index contributed by atoms with van der Waals surface area (Å²) < 4.78 is 9.48. The smallest absolute Gasteiger partial charge is 0.251 e. The van der Waals surface area contributed by atoms with E-state index in [0.29, 0.717) is 17.7 Å². The summed E-state index contributed by atoms with van der Waals surface area (Å²) in [4.78, 5) is 15.7. The first-order valence-corrected chi connectivity index (χ1v) is 11.2. The SMILES string of the molecule is Cc1cnc(-n2cnc(-c3ccc4c(c3)c(C(C)C)cn4CCN3CCOCC3)n2)nc1. The van der Waals surface area contributed by atoms with Crippen molar-refractivity contribution in [1.29, 1.82) is 0 Å². The Morgan fingerprint density at radius 3 is 2.56 bits per heavy atom. The normalized spacial score (nSPS) is 15.1. The van der Waals surface area contributed by atoms with Crippen LogP contribution in [0.15, 0.2) is 43.1 Å². The van der Waals surface area contributed by atoms with Crippen LogP contribution in [0.1, 0.15) is 30.9 Å². The van der Waals surface area contributed by atoms with E-state index in [2.05, 4.69) is 67.8 Å². The lowest BCUT2D eigenvalue weighted by Crippen LogP contribution is -2.38. The topological polar surface area (TPSA) is 73.9 Å². The maximum absolute atomic E-state index is 5.48. The van der Waals surface area contributed by atoms with Gasteiger partial charge in [-0.15, -0.1) is 5.10 Å². The highest BCUT2D eigenvalue weighted by atomic mass is 16.5. The molecule has 0 radical (unpaired) electrons. The van der Waals surface area contributed by atoms with Gasteiger partial charge in [-0.05, 0) is 42.2 Å². The third-order valence-corrected chi connectivity index (χ3v) is 6.02. The average Bonchev–Trinajstić information content (AvgIpc) is 3.44. The van der Waals surface area contributed by atoms with Crippen molar-refractivity contribution in [1.82, 2.24) is 34.2 Å². The average molecular weight is 432 g/mol. The monoisotopic (exact) mass is 431 g/mol. The Morgan fingerprint density at radius 2 is 1.81 bits per heavy atom. The lowest BCUT2D eigenvalue weighted by Gasteiger charge is -2.26. The summed E-state index contributed by atoms with van der Waals surface area (Å²) in [7, 11) is 0. The molecule has 0 bridgehead atoms. The van der Waals surface area contributed by atoms with Crippen molar-refractivity contribution in [3.8, 4) is 17.3 Å². The van der Waals surface area contributed by atoms with Crippen molar-refractivity contribution >= 4 is 10.9 Å². The molecule has 0 unspecified atom stereocenters. The van der Waals surface area contributed by atoms with Crippen LogP contribution < -0.4 is 0 Å². The van der Waals surface area contributed by atoms with Gasteiger partial charge < -0.3 is 9.30 Å². The van der Waals surface area contributed by atoms with Crippen LogP contribution in [0.3, 0.4) is 0 Å². The first-order valence-electron chi connectivity index (χ1n) is 11.2. The number of rotatable bonds is 6. The summed E-state index contributed by atoms with van der Waals surface area (Å²) >= 11 is 0. The molecule has 32 heavy (non-hydrogen) atoms. The van der Waals surface area contributed by atoms with E-state index in [0.717, 1.165) is 50.5 Å². The molecule has 166 valence electrons. The van der Waals surface area contributed by atoms with E-state index in [4.69, 9.17) is 4.74 Å². The molecule has 8 nitrogen and oxygen atoms in total. The number of fused-ring (bicyclic) bond motifs is 1. The van der Waals surface area contributed by atoms with Crippen molar-refractivity contribution in [3.63, 3.8) is 0 Å². The number of ether oxygens (including phenoxy) is 1. The molecule has 0 amide bonds. The van der Waals surface area contributed by atoms with E-state index in [9.17, 15) is 0 Å². The zero-order valence-electron chi connectivity index (χ0n) is 18.9. The zero-order valence-corrected chi connectivity index (χ0v) is 18.9. The van der Waals surface area contributed by atoms with Crippen molar-refractivity contribution in [2.45, 2.75) is 33.2 Å². The van der Waals surface area contributed by atoms with Crippen LogP contribution >= 0.6 is 0 Å². The minimum absolute atomic E-state index is 0.434. The van der Waals surface area contributed by atoms with Gasteiger partial charge in [-0.1, -0.05) is 13.8 Å². The van der Waals surface area contributed by atoms with E-state index in [1.807, 2.05) is 6.92 Å². The largest absolute Gasteiger partial charge is 0.379 e. The predicted molar refractivity (Wildman–Crippen MR) is 124 cm³/mol. The lowest BCUT2D eigenvalue weighted by atomic mass is 10.0. The second kappa shape index (κ2) is 8.80. The van der Waals surface area contributed by atoms with Crippen LogP contribution in [-0.4, -0.2) is 67.0 Å². The first kappa shape index (κ1) is 20.8. The van der Waals surface area contributed by atoms with Crippen molar-refractivity contribution in [2.24, 2.45) is 0 Å². The van der Waals surface area contributed by atoms with Crippen LogP contribution in [0, 0.1) is 6.92 Å². The summed E-state index contributed by atoms with van der Waals surface area (Å²) in [6.45, 7) is 12.2. The number of aromatic nitrogens is 6. The molecule has 0 atom stereocenters. The van der Waals surface area contributed by atoms with E-state index in [-0.39, 0.29) is 0 Å². The third-order valence-electron chi connectivity index (χ3n) is 6.02. The molecule has 5 rings (SSSR count). The van der Waals surface area contributed by atoms with Gasteiger partial charge in [0.2, 0.25) is 0 Å².